The first kappa shape index (κ1) is 20.5. The molecule has 3 aromatic heterocycles. The van der Waals surface area contributed by atoms with Crippen molar-refractivity contribution in [2.75, 3.05) is 7.11 Å². The molecule has 0 saturated carbocycles. The van der Waals surface area contributed by atoms with E-state index in [-0.39, 0.29) is 10.6 Å². The lowest BCUT2D eigenvalue weighted by Gasteiger charge is -2.09. The van der Waals surface area contributed by atoms with Gasteiger partial charge in [-0.1, -0.05) is 12.1 Å². The standard InChI is InChI=1S/C24H22N6O3/c1-16-10-17(2)23(30(31)32)12-22(16)28-8-9-29-24(28)11-21(26-29)19-13-25-27(15-19)14-18-4-6-20(33-3)7-5-18/h4-13,15H,14H2,1-3H3. The van der Waals surface area contributed by atoms with E-state index in [1.54, 1.807) is 30.8 Å². The molecule has 0 unspecified atom stereocenters. The molecule has 9 heteroatoms. The minimum absolute atomic E-state index is 0.0991. The van der Waals surface area contributed by atoms with Crippen LogP contribution in [0.15, 0.2) is 67.3 Å². The molecule has 5 aromatic rings. The summed E-state index contributed by atoms with van der Waals surface area (Å²) in [7, 11) is 1.65. The van der Waals surface area contributed by atoms with Gasteiger partial charge in [0.25, 0.3) is 5.69 Å². The van der Waals surface area contributed by atoms with Gasteiger partial charge in [-0.05, 0) is 43.2 Å². The van der Waals surface area contributed by atoms with Crippen LogP contribution >= 0.6 is 0 Å². The molecule has 33 heavy (non-hydrogen) atoms. The van der Waals surface area contributed by atoms with Gasteiger partial charge in [-0.2, -0.15) is 10.2 Å². The van der Waals surface area contributed by atoms with Crippen LogP contribution in [-0.2, 0) is 6.54 Å². The second-order valence-electron chi connectivity index (χ2n) is 7.96. The molecule has 2 aromatic carbocycles. The first-order chi connectivity index (χ1) is 15.9. The van der Waals surface area contributed by atoms with Crippen molar-refractivity contribution < 1.29 is 9.66 Å². The van der Waals surface area contributed by atoms with Crippen LogP contribution in [0, 0.1) is 24.0 Å². The quantitative estimate of drug-likeness (QED) is 0.284. The smallest absolute Gasteiger partial charge is 0.274 e. The van der Waals surface area contributed by atoms with Gasteiger partial charge in [0, 0.05) is 41.9 Å². The van der Waals surface area contributed by atoms with Crippen molar-refractivity contribution in [2.45, 2.75) is 20.4 Å². The maximum Gasteiger partial charge on any atom is 0.274 e. The lowest BCUT2D eigenvalue weighted by atomic mass is 10.1. The normalized spacial score (nSPS) is 11.2. The summed E-state index contributed by atoms with van der Waals surface area (Å²) in [5.41, 5.74) is 6.04. The number of aryl methyl sites for hydroxylation is 2. The number of nitrogens with zero attached hydrogens (tertiary/aromatic N) is 6. The molecule has 0 aliphatic carbocycles. The monoisotopic (exact) mass is 442 g/mol. The fraction of sp³-hybridized carbons (Fsp3) is 0.167. The fourth-order valence-electron chi connectivity index (χ4n) is 4.01. The van der Waals surface area contributed by atoms with E-state index < -0.39 is 0 Å². The number of methoxy groups -OCH3 is 1. The average Bonchev–Trinajstić information content (AvgIpc) is 3.50. The maximum absolute atomic E-state index is 11.4. The minimum Gasteiger partial charge on any atom is -0.497 e. The highest BCUT2D eigenvalue weighted by atomic mass is 16.6. The highest BCUT2D eigenvalue weighted by molar-refractivity contribution is 5.66. The van der Waals surface area contributed by atoms with Crippen molar-refractivity contribution in [3.63, 3.8) is 0 Å². The number of hydrogen-bond donors (Lipinski definition) is 0. The SMILES string of the molecule is COc1ccc(Cn2cc(-c3cc4n(-c5cc([N+](=O)[O-])c(C)cc5C)ccn4n3)cn2)cc1. The van der Waals surface area contributed by atoms with Crippen LogP contribution in [0.2, 0.25) is 0 Å². The Balaban J connectivity index is 1.46. The third kappa shape index (κ3) is 3.73. The van der Waals surface area contributed by atoms with Gasteiger partial charge in [0.1, 0.15) is 11.4 Å². The lowest BCUT2D eigenvalue weighted by Crippen LogP contribution is -2.00. The van der Waals surface area contributed by atoms with Crippen molar-refractivity contribution in [2.24, 2.45) is 0 Å². The molecule has 3 heterocycles. The van der Waals surface area contributed by atoms with Crippen LogP contribution in [0.4, 0.5) is 5.69 Å². The van der Waals surface area contributed by atoms with E-state index in [4.69, 9.17) is 4.74 Å². The molecular formula is C24H22N6O3. The minimum atomic E-state index is -0.349. The molecule has 0 radical (unpaired) electrons. The van der Waals surface area contributed by atoms with Crippen molar-refractivity contribution in [3.05, 3.63) is 94.1 Å². The number of ether oxygens (including phenoxy) is 1. The Bertz CT molecular complexity index is 1480. The predicted molar refractivity (Wildman–Crippen MR) is 124 cm³/mol. The molecule has 166 valence electrons. The number of benzene rings is 2. The Labute approximate surface area is 189 Å². The summed E-state index contributed by atoms with van der Waals surface area (Å²) in [5, 5.41) is 20.6. The van der Waals surface area contributed by atoms with E-state index in [2.05, 4.69) is 10.2 Å². The third-order valence-electron chi connectivity index (χ3n) is 5.72. The van der Waals surface area contributed by atoms with Crippen molar-refractivity contribution in [1.29, 1.82) is 0 Å². The highest BCUT2D eigenvalue weighted by Crippen LogP contribution is 2.28. The summed E-state index contributed by atoms with van der Waals surface area (Å²) >= 11 is 0. The topological polar surface area (TPSA) is 92.4 Å². The van der Waals surface area contributed by atoms with Gasteiger partial charge in [-0.25, -0.2) is 4.52 Å². The third-order valence-corrected chi connectivity index (χ3v) is 5.72. The Hall–Kier alpha value is -4.40. The molecule has 0 fully saturated rings. The largest absolute Gasteiger partial charge is 0.497 e. The number of aromatic nitrogens is 5. The molecular weight excluding hydrogens is 420 g/mol. The molecule has 0 bridgehead atoms. The predicted octanol–water partition coefficient (Wildman–Crippen LogP) is 4.57. The zero-order valence-electron chi connectivity index (χ0n) is 18.5. The summed E-state index contributed by atoms with van der Waals surface area (Å²) < 4.78 is 10.8. The fourth-order valence-corrected chi connectivity index (χ4v) is 4.01. The number of nitro groups is 1. The summed E-state index contributed by atoms with van der Waals surface area (Å²) in [4.78, 5) is 11.1. The number of nitro benzene ring substituents is 1. The maximum atomic E-state index is 11.4. The Morgan fingerprint density at radius 2 is 1.85 bits per heavy atom. The van der Waals surface area contributed by atoms with E-state index in [9.17, 15) is 10.1 Å². The molecule has 0 saturated heterocycles. The molecule has 0 amide bonds. The van der Waals surface area contributed by atoms with E-state index in [1.165, 1.54) is 0 Å². The van der Waals surface area contributed by atoms with Crippen LogP contribution in [0.3, 0.4) is 0 Å². The molecule has 0 aliphatic heterocycles. The molecule has 5 rings (SSSR count). The van der Waals surface area contributed by atoms with Gasteiger partial charge in [0.05, 0.1) is 36.2 Å². The van der Waals surface area contributed by atoms with Crippen molar-refractivity contribution in [1.82, 2.24) is 24.0 Å². The summed E-state index contributed by atoms with van der Waals surface area (Å²) in [6, 6.07) is 13.3. The van der Waals surface area contributed by atoms with Crippen LogP contribution in [0.25, 0.3) is 22.6 Å². The first-order valence-electron chi connectivity index (χ1n) is 10.4. The molecule has 0 aliphatic rings. The zero-order chi connectivity index (χ0) is 23.1. The molecule has 9 nitrogen and oxygen atoms in total. The lowest BCUT2D eigenvalue weighted by molar-refractivity contribution is -0.385. The highest BCUT2D eigenvalue weighted by Gasteiger charge is 2.17. The zero-order valence-corrected chi connectivity index (χ0v) is 18.5. The molecule has 0 atom stereocenters. The Kier molecular flexibility index (Phi) is 4.93. The van der Waals surface area contributed by atoms with E-state index in [0.717, 1.165) is 39.5 Å². The van der Waals surface area contributed by atoms with E-state index in [1.807, 2.05) is 71.2 Å². The van der Waals surface area contributed by atoms with Crippen LogP contribution in [0.5, 0.6) is 5.75 Å². The second kappa shape index (κ2) is 7.94. The average molecular weight is 442 g/mol. The number of fused-ring (bicyclic) bond motifs is 1. The van der Waals surface area contributed by atoms with Gasteiger partial charge in [-0.3, -0.25) is 19.4 Å². The summed E-state index contributed by atoms with van der Waals surface area (Å²) in [6.07, 6.45) is 7.45. The molecule has 0 spiro atoms. The van der Waals surface area contributed by atoms with Crippen LogP contribution < -0.4 is 4.74 Å². The molecule has 0 N–H and O–H groups in total. The van der Waals surface area contributed by atoms with Crippen LogP contribution in [-0.4, -0.2) is 36.0 Å². The Morgan fingerprint density at radius 3 is 2.58 bits per heavy atom. The Morgan fingerprint density at radius 1 is 1.06 bits per heavy atom. The van der Waals surface area contributed by atoms with Gasteiger partial charge in [0.2, 0.25) is 0 Å². The van der Waals surface area contributed by atoms with Crippen LogP contribution in [0.1, 0.15) is 16.7 Å². The van der Waals surface area contributed by atoms with Gasteiger partial charge in [0.15, 0.2) is 0 Å². The van der Waals surface area contributed by atoms with Crippen molar-refractivity contribution in [3.8, 4) is 22.7 Å². The summed E-state index contributed by atoms with van der Waals surface area (Å²) in [6.45, 7) is 4.33. The van der Waals surface area contributed by atoms with Crippen molar-refractivity contribution >= 4 is 11.3 Å². The van der Waals surface area contributed by atoms with Gasteiger partial charge < -0.3 is 4.74 Å². The number of rotatable bonds is 6. The number of hydrogen-bond acceptors (Lipinski definition) is 5. The second-order valence-corrected chi connectivity index (χ2v) is 7.96. The van der Waals surface area contributed by atoms with E-state index in [0.29, 0.717) is 12.1 Å². The van der Waals surface area contributed by atoms with E-state index >= 15 is 0 Å². The van der Waals surface area contributed by atoms with Gasteiger partial charge in [-0.15, -0.1) is 0 Å². The number of imidazole rings is 1. The summed E-state index contributed by atoms with van der Waals surface area (Å²) in [5.74, 6) is 0.819. The first-order valence-corrected chi connectivity index (χ1v) is 10.4. The van der Waals surface area contributed by atoms with Gasteiger partial charge >= 0.3 is 0 Å².